The van der Waals surface area contributed by atoms with Crippen molar-refractivity contribution >= 4 is 37.4 Å². The van der Waals surface area contributed by atoms with Gasteiger partial charge in [0.25, 0.3) is 0 Å². The number of hydrazone groups is 1. The zero-order valence-corrected chi connectivity index (χ0v) is 16.6. The molecule has 2 N–H and O–H groups in total. The molecule has 2 aromatic carbocycles. The van der Waals surface area contributed by atoms with Gasteiger partial charge >= 0.3 is 0 Å². The second kappa shape index (κ2) is 6.94. The van der Waals surface area contributed by atoms with E-state index in [4.69, 9.17) is 10.2 Å². The molecule has 0 saturated heterocycles. The molecular formula is C20H16BrN3O2S. The van der Waals surface area contributed by atoms with Gasteiger partial charge < -0.3 is 0 Å². The molecule has 27 heavy (non-hydrogen) atoms. The summed E-state index contributed by atoms with van der Waals surface area (Å²) in [7, 11) is -3.73. The number of hydrogen-bond donors (Lipinski definition) is 1. The van der Waals surface area contributed by atoms with E-state index in [9.17, 15) is 8.42 Å². The van der Waals surface area contributed by atoms with Gasteiger partial charge in [-0.2, -0.15) is 5.10 Å². The number of anilines is 1. The Kier molecular flexibility index (Phi) is 4.61. The lowest BCUT2D eigenvalue weighted by atomic mass is 9.99. The number of benzene rings is 2. The van der Waals surface area contributed by atoms with Crippen LogP contribution in [0, 0.1) is 0 Å². The molecule has 0 amide bonds. The quantitative estimate of drug-likeness (QED) is 0.726. The molecule has 1 aliphatic carbocycles. The van der Waals surface area contributed by atoms with Crippen LogP contribution in [0.15, 0.2) is 92.5 Å². The molecular weight excluding hydrogens is 426 g/mol. The predicted octanol–water partition coefficient (Wildman–Crippen LogP) is 4.06. The van der Waals surface area contributed by atoms with Crippen LogP contribution in [0.5, 0.6) is 0 Å². The van der Waals surface area contributed by atoms with E-state index in [0.29, 0.717) is 0 Å². The SMILES string of the molecule is NS(=O)(=O)c1ccc(N2N=C(C3=C=CC=C3)CC2c2cccc(Br)c2)cc1. The Bertz CT molecular complexity index is 1130. The molecule has 0 aromatic heterocycles. The number of allylic oxidation sites excluding steroid dienone is 3. The minimum Gasteiger partial charge on any atom is -0.257 e. The van der Waals surface area contributed by atoms with Crippen LogP contribution in [-0.4, -0.2) is 14.1 Å². The normalized spacial score (nSPS) is 18.7. The van der Waals surface area contributed by atoms with E-state index in [-0.39, 0.29) is 10.9 Å². The topological polar surface area (TPSA) is 75.8 Å². The molecule has 0 bridgehead atoms. The maximum Gasteiger partial charge on any atom is 0.238 e. The van der Waals surface area contributed by atoms with Crippen LogP contribution in [0.1, 0.15) is 18.0 Å². The zero-order valence-electron chi connectivity index (χ0n) is 14.2. The van der Waals surface area contributed by atoms with Crippen molar-refractivity contribution in [2.45, 2.75) is 17.4 Å². The van der Waals surface area contributed by atoms with Crippen molar-refractivity contribution in [1.82, 2.24) is 0 Å². The van der Waals surface area contributed by atoms with Crippen LogP contribution in [-0.2, 0) is 10.0 Å². The van der Waals surface area contributed by atoms with Gasteiger partial charge in [0.15, 0.2) is 0 Å². The van der Waals surface area contributed by atoms with E-state index in [2.05, 4.69) is 33.8 Å². The van der Waals surface area contributed by atoms with E-state index in [0.717, 1.165) is 33.4 Å². The number of sulfonamides is 1. The Morgan fingerprint density at radius 1 is 1.19 bits per heavy atom. The van der Waals surface area contributed by atoms with E-state index in [1.807, 2.05) is 35.4 Å². The molecule has 5 nitrogen and oxygen atoms in total. The highest BCUT2D eigenvalue weighted by Crippen LogP contribution is 2.38. The lowest BCUT2D eigenvalue weighted by Crippen LogP contribution is -2.19. The largest absolute Gasteiger partial charge is 0.257 e. The van der Waals surface area contributed by atoms with Crippen molar-refractivity contribution in [3.05, 3.63) is 88.1 Å². The highest BCUT2D eigenvalue weighted by Gasteiger charge is 2.30. The molecule has 4 rings (SSSR count). The van der Waals surface area contributed by atoms with Gasteiger partial charge in [-0.15, -0.1) is 5.73 Å². The first-order valence-electron chi connectivity index (χ1n) is 8.30. The average Bonchev–Trinajstić information content (AvgIpc) is 3.31. The number of nitrogens with zero attached hydrogens (tertiary/aromatic N) is 2. The highest BCUT2D eigenvalue weighted by molar-refractivity contribution is 9.10. The first kappa shape index (κ1) is 17.9. The van der Waals surface area contributed by atoms with Gasteiger partial charge in [0.2, 0.25) is 10.0 Å². The fraction of sp³-hybridized carbons (Fsp3) is 0.100. The second-order valence-electron chi connectivity index (χ2n) is 6.29. The van der Waals surface area contributed by atoms with Crippen molar-refractivity contribution in [2.75, 3.05) is 5.01 Å². The van der Waals surface area contributed by atoms with Crippen molar-refractivity contribution in [2.24, 2.45) is 10.2 Å². The first-order valence-corrected chi connectivity index (χ1v) is 10.6. The molecule has 0 saturated carbocycles. The lowest BCUT2D eigenvalue weighted by molar-refractivity contribution is 0.597. The molecule has 1 aliphatic heterocycles. The maximum atomic E-state index is 11.5. The summed E-state index contributed by atoms with van der Waals surface area (Å²) < 4.78 is 24.0. The van der Waals surface area contributed by atoms with Gasteiger partial charge in [-0.05, 0) is 54.1 Å². The summed E-state index contributed by atoms with van der Waals surface area (Å²) in [5.41, 5.74) is 7.03. The standard InChI is InChI=1S/C20H16BrN3O2S/c21-16-7-3-6-15(12-16)20-13-19(14-4-1-2-5-14)23-24(20)17-8-10-18(11-9-17)27(22,25)26/h1-4,6-12,20H,13H2,(H2,22,25,26). The van der Waals surface area contributed by atoms with Gasteiger partial charge in [0.1, 0.15) is 0 Å². The highest BCUT2D eigenvalue weighted by atomic mass is 79.9. The minimum absolute atomic E-state index is 0.00105. The zero-order chi connectivity index (χ0) is 19.0. The Morgan fingerprint density at radius 3 is 2.59 bits per heavy atom. The van der Waals surface area contributed by atoms with Crippen LogP contribution < -0.4 is 10.1 Å². The summed E-state index contributed by atoms with van der Waals surface area (Å²) in [6, 6.07) is 14.6. The molecule has 1 atom stereocenters. The average molecular weight is 442 g/mol. The number of halogens is 1. The number of hydrogen-bond acceptors (Lipinski definition) is 4. The third-order valence-corrected chi connectivity index (χ3v) is 5.90. The summed E-state index contributed by atoms with van der Waals surface area (Å²) >= 11 is 3.53. The van der Waals surface area contributed by atoms with E-state index in [1.54, 1.807) is 12.1 Å². The maximum absolute atomic E-state index is 11.5. The molecule has 1 unspecified atom stereocenters. The van der Waals surface area contributed by atoms with E-state index >= 15 is 0 Å². The van der Waals surface area contributed by atoms with Crippen molar-refractivity contribution in [3.63, 3.8) is 0 Å². The Balaban J connectivity index is 1.75. The fourth-order valence-corrected chi connectivity index (χ4v) is 4.12. The summed E-state index contributed by atoms with van der Waals surface area (Å²) in [4.78, 5) is 0.0815. The van der Waals surface area contributed by atoms with Crippen LogP contribution in [0.4, 0.5) is 5.69 Å². The Labute approximate surface area is 166 Å². The van der Waals surface area contributed by atoms with Crippen LogP contribution in [0.2, 0.25) is 0 Å². The van der Waals surface area contributed by atoms with Crippen LogP contribution >= 0.6 is 15.9 Å². The van der Waals surface area contributed by atoms with Gasteiger partial charge in [-0.3, -0.25) is 5.01 Å². The molecule has 0 fully saturated rings. The Hall–Kier alpha value is -2.44. The summed E-state index contributed by atoms with van der Waals surface area (Å²) in [5, 5.41) is 11.9. The minimum atomic E-state index is -3.73. The van der Waals surface area contributed by atoms with Crippen molar-refractivity contribution < 1.29 is 8.42 Å². The summed E-state index contributed by atoms with van der Waals surface area (Å²) in [5.74, 6) is 0. The summed E-state index contributed by atoms with van der Waals surface area (Å²) in [6.45, 7) is 0. The monoisotopic (exact) mass is 441 g/mol. The van der Waals surface area contributed by atoms with Gasteiger partial charge in [0.05, 0.1) is 22.3 Å². The molecule has 2 aromatic rings. The molecule has 7 heteroatoms. The lowest BCUT2D eigenvalue weighted by Gasteiger charge is -2.24. The predicted molar refractivity (Wildman–Crippen MR) is 110 cm³/mol. The third kappa shape index (κ3) is 3.68. The van der Waals surface area contributed by atoms with Gasteiger partial charge in [-0.1, -0.05) is 34.1 Å². The molecule has 1 heterocycles. The number of nitrogens with two attached hydrogens (primary N) is 1. The molecule has 2 aliphatic rings. The Morgan fingerprint density at radius 2 is 1.96 bits per heavy atom. The smallest absolute Gasteiger partial charge is 0.238 e. The summed E-state index contributed by atoms with van der Waals surface area (Å²) in [6.07, 6.45) is 6.53. The third-order valence-electron chi connectivity index (χ3n) is 4.48. The molecule has 0 spiro atoms. The molecule has 0 radical (unpaired) electrons. The molecule has 136 valence electrons. The van der Waals surface area contributed by atoms with Crippen LogP contribution in [0.25, 0.3) is 0 Å². The van der Waals surface area contributed by atoms with Gasteiger partial charge in [-0.25, -0.2) is 13.6 Å². The van der Waals surface area contributed by atoms with Gasteiger partial charge in [0, 0.05) is 16.5 Å². The fourth-order valence-electron chi connectivity index (χ4n) is 3.18. The second-order valence-corrected chi connectivity index (χ2v) is 8.77. The number of rotatable bonds is 4. The van der Waals surface area contributed by atoms with Crippen LogP contribution in [0.3, 0.4) is 0 Å². The van der Waals surface area contributed by atoms with E-state index in [1.165, 1.54) is 12.1 Å². The first-order chi connectivity index (χ1) is 12.9. The number of primary sulfonamides is 1. The van der Waals surface area contributed by atoms with Crippen molar-refractivity contribution in [1.29, 1.82) is 0 Å². The van der Waals surface area contributed by atoms with E-state index < -0.39 is 10.0 Å². The van der Waals surface area contributed by atoms with Crippen molar-refractivity contribution in [3.8, 4) is 0 Å².